The molecule has 5 heteroatoms. The van der Waals surface area contributed by atoms with Crippen molar-refractivity contribution in [3.63, 3.8) is 0 Å². The molecule has 0 saturated heterocycles. The number of hydrogen-bond donors (Lipinski definition) is 0. The Bertz CT molecular complexity index is 434. The summed E-state index contributed by atoms with van der Waals surface area (Å²) >= 11 is 0. The maximum atomic E-state index is 12.4. The fourth-order valence-electron chi connectivity index (χ4n) is 2.78. The van der Waals surface area contributed by atoms with Crippen LogP contribution in [0.3, 0.4) is 0 Å². The molecule has 5 nitrogen and oxygen atoms in total. The summed E-state index contributed by atoms with van der Waals surface area (Å²) < 4.78 is 16.9. The summed E-state index contributed by atoms with van der Waals surface area (Å²) in [4.78, 5) is 24.3. The fourth-order valence-corrected chi connectivity index (χ4v) is 2.78. The van der Waals surface area contributed by atoms with Crippen LogP contribution < -0.4 is 0 Å². The fraction of sp³-hybridized carbons (Fsp3) is 0.900. The minimum atomic E-state index is -0.551. The third-order valence-corrected chi connectivity index (χ3v) is 4.49. The zero-order chi connectivity index (χ0) is 19.2. The van der Waals surface area contributed by atoms with Crippen molar-refractivity contribution in [1.29, 1.82) is 0 Å². The second-order valence-electron chi connectivity index (χ2n) is 8.67. The molecule has 0 spiro atoms. The van der Waals surface area contributed by atoms with E-state index in [1.807, 2.05) is 41.5 Å². The van der Waals surface area contributed by atoms with E-state index in [1.54, 1.807) is 6.92 Å². The minimum absolute atomic E-state index is 0.0260. The first-order valence-corrected chi connectivity index (χ1v) is 9.53. The standard InChI is InChI=1S/C20H36O5/c1-13(2)18(15(4)23-12-16-9-8-10-16)24-19(22)14(3)11-17(21)25-20(5,6)7/h13-16,18H,8-12H2,1-7H3/t14-,15+,18-/m1/s1. The molecule has 0 N–H and O–H groups in total. The van der Waals surface area contributed by atoms with Crippen LogP contribution in [0.4, 0.5) is 0 Å². The normalized spacial score (nSPS) is 19.0. The van der Waals surface area contributed by atoms with E-state index in [2.05, 4.69) is 0 Å². The van der Waals surface area contributed by atoms with Crippen LogP contribution in [0.1, 0.15) is 74.1 Å². The van der Waals surface area contributed by atoms with E-state index in [0.29, 0.717) is 5.92 Å². The molecule has 0 aliphatic heterocycles. The quantitative estimate of drug-likeness (QED) is 0.581. The molecule has 1 rings (SSSR count). The molecule has 0 radical (unpaired) electrons. The van der Waals surface area contributed by atoms with Crippen LogP contribution in [-0.2, 0) is 23.8 Å². The zero-order valence-electron chi connectivity index (χ0n) is 17.0. The lowest BCUT2D eigenvalue weighted by atomic mass is 9.86. The summed E-state index contributed by atoms with van der Waals surface area (Å²) in [6.45, 7) is 13.8. The Morgan fingerprint density at radius 1 is 1.08 bits per heavy atom. The molecule has 3 atom stereocenters. The largest absolute Gasteiger partial charge is 0.460 e. The Hall–Kier alpha value is -1.10. The van der Waals surface area contributed by atoms with Gasteiger partial charge in [-0.15, -0.1) is 0 Å². The third kappa shape index (κ3) is 8.21. The van der Waals surface area contributed by atoms with Gasteiger partial charge in [-0.25, -0.2) is 0 Å². The van der Waals surface area contributed by atoms with Crippen LogP contribution in [0.5, 0.6) is 0 Å². The molecule has 0 unspecified atom stereocenters. The van der Waals surface area contributed by atoms with Gasteiger partial charge in [0.15, 0.2) is 0 Å². The molecule has 0 aromatic rings. The van der Waals surface area contributed by atoms with Crippen molar-refractivity contribution in [1.82, 2.24) is 0 Å². The van der Waals surface area contributed by atoms with Crippen molar-refractivity contribution in [2.24, 2.45) is 17.8 Å². The first-order valence-electron chi connectivity index (χ1n) is 9.53. The Morgan fingerprint density at radius 2 is 1.68 bits per heavy atom. The van der Waals surface area contributed by atoms with Crippen LogP contribution in [0.2, 0.25) is 0 Å². The predicted octanol–water partition coefficient (Wildman–Crippen LogP) is 4.13. The van der Waals surface area contributed by atoms with Crippen LogP contribution in [0.15, 0.2) is 0 Å². The zero-order valence-corrected chi connectivity index (χ0v) is 17.0. The number of esters is 2. The molecule has 0 aromatic carbocycles. The van der Waals surface area contributed by atoms with E-state index in [1.165, 1.54) is 19.3 Å². The number of hydrogen-bond acceptors (Lipinski definition) is 5. The summed E-state index contributed by atoms with van der Waals surface area (Å²) in [6, 6.07) is 0. The molecule has 0 heterocycles. The highest BCUT2D eigenvalue weighted by atomic mass is 16.6. The molecule has 1 aliphatic rings. The third-order valence-electron chi connectivity index (χ3n) is 4.49. The van der Waals surface area contributed by atoms with Crippen LogP contribution in [0.25, 0.3) is 0 Å². The van der Waals surface area contributed by atoms with Gasteiger partial charge in [-0.3, -0.25) is 9.59 Å². The van der Waals surface area contributed by atoms with Gasteiger partial charge in [0.05, 0.1) is 18.4 Å². The van der Waals surface area contributed by atoms with Crippen molar-refractivity contribution in [2.75, 3.05) is 6.61 Å². The van der Waals surface area contributed by atoms with Gasteiger partial charge < -0.3 is 14.2 Å². The summed E-state index contributed by atoms with van der Waals surface area (Å²) in [5.41, 5.74) is -0.551. The number of ether oxygens (including phenoxy) is 3. The summed E-state index contributed by atoms with van der Waals surface area (Å²) in [5.74, 6) is -0.489. The van der Waals surface area contributed by atoms with Gasteiger partial charge in [0.2, 0.25) is 0 Å². The van der Waals surface area contributed by atoms with Gasteiger partial charge in [-0.1, -0.05) is 27.2 Å². The van der Waals surface area contributed by atoms with Crippen molar-refractivity contribution >= 4 is 11.9 Å². The van der Waals surface area contributed by atoms with Gasteiger partial charge in [0, 0.05) is 6.61 Å². The van der Waals surface area contributed by atoms with E-state index < -0.39 is 11.5 Å². The molecule has 25 heavy (non-hydrogen) atoms. The van der Waals surface area contributed by atoms with Crippen molar-refractivity contribution in [2.45, 2.75) is 92.0 Å². The van der Waals surface area contributed by atoms with Crippen LogP contribution in [-0.4, -0.2) is 36.4 Å². The maximum Gasteiger partial charge on any atom is 0.309 e. The molecular formula is C20H36O5. The second kappa shape index (κ2) is 9.56. The van der Waals surface area contributed by atoms with Crippen molar-refractivity contribution in [3.8, 4) is 0 Å². The lowest BCUT2D eigenvalue weighted by molar-refractivity contribution is -0.171. The minimum Gasteiger partial charge on any atom is -0.460 e. The van der Waals surface area contributed by atoms with Gasteiger partial charge in [-0.2, -0.15) is 0 Å². The Morgan fingerprint density at radius 3 is 2.12 bits per heavy atom. The highest BCUT2D eigenvalue weighted by Gasteiger charge is 2.30. The Kier molecular flexibility index (Phi) is 8.39. The van der Waals surface area contributed by atoms with Crippen molar-refractivity contribution < 1.29 is 23.8 Å². The van der Waals surface area contributed by atoms with Gasteiger partial charge in [0.25, 0.3) is 0 Å². The molecule has 0 bridgehead atoms. The average molecular weight is 357 g/mol. The van der Waals surface area contributed by atoms with Crippen molar-refractivity contribution in [3.05, 3.63) is 0 Å². The first-order chi connectivity index (χ1) is 11.5. The van der Waals surface area contributed by atoms with E-state index in [0.717, 1.165) is 6.61 Å². The highest BCUT2D eigenvalue weighted by molar-refractivity contribution is 5.79. The summed E-state index contributed by atoms with van der Waals surface area (Å²) in [5, 5.41) is 0. The number of carbonyl (C=O) groups is 2. The molecule has 1 aliphatic carbocycles. The topological polar surface area (TPSA) is 61.8 Å². The second-order valence-corrected chi connectivity index (χ2v) is 8.67. The lowest BCUT2D eigenvalue weighted by Gasteiger charge is -2.32. The number of rotatable bonds is 9. The smallest absolute Gasteiger partial charge is 0.309 e. The van der Waals surface area contributed by atoms with E-state index in [9.17, 15) is 9.59 Å². The molecule has 0 amide bonds. The lowest BCUT2D eigenvalue weighted by Crippen LogP contribution is -2.38. The molecule has 1 saturated carbocycles. The van der Waals surface area contributed by atoms with E-state index >= 15 is 0 Å². The Labute approximate surface area is 152 Å². The molecule has 0 aromatic heterocycles. The first kappa shape index (κ1) is 21.9. The summed E-state index contributed by atoms with van der Waals surface area (Å²) in [6.07, 6.45) is 3.30. The van der Waals surface area contributed by atoms with Gasteiger partial charge in [0.1, 0.15) is 11.7 Å². The number of carbonyl (C=O) groups excluding carboxylic acids is 2. The average Bonchev–Trinajstić information content (AvgIpc) is 2.39. The highest BCUT2D eigenvalue weighted by Crippen LogP contribution is 2.27. The van der Waals surface area contributed by atoms with E-state index in [4.69, 9.17) is 14.2 Å². The van der Waals surface area contributed by atoms with E-state index in [-0.39, 0.29) is 36.5 Å². The molecular weight excluding hydrogens is 320 g/mol. The van der Waals surface area contributed by atoms with Gasteiger partial charge in [-0.05, 0) is 52.4 Å². The Balaban J connectivity index is 2.49. The SMILES string of the molecule is CC(C)[C@@H](OC(=O)[C@H](C)CC(=O)OC(C)(C)C)[C@H](C)OCC1CCC1. The maximum absolute atomic E-state index is 12.4. The predicted molar refractivity (Wildman–Crippen MR) is 97.1 cm³/mol. The van der Waals surface area contributed by atoms with Crippen LogP contribution >= 0.6 is 0 Å². The summed E-state index contributed by atoms with van der Waals surface area (Å²) in [7, 11) is 0. The van der Waals surface area contributed by atoms with Crippen LogP contribution in [0, 0.1) is 17.8 Å². The monoisotopic (exact) mass is 356 g/mol. The molecule has 1 fully saturated rings. The molecule has 146 valence electrons. The van der Waals surface area contributed by atoms with Gasteiger partial charge >= 0.3 is 11.9 Å².